The van der Waals surface area contributed by atoms with Gasteiger partial charge in [-0.15, -0.1) is 0 Å². The van der Waals surface area contributed by atoms with E-state index in [2.05, 4.69) is 17.3 Å². The summed E-state index contributed by atoms with van der Waals surface area (Å²) in [6, 6.07) is 4.83. The van der Waals surface area contributed by atoms with Crippen molar-refractivity contribution >= 4 is 5.69 Å². The normalized spacial score (nSPS) is 14.3. The Hall–Kier alpha value is -1.42. The van der Waals surface area contributed by atoms with E-state index in [1.54, 1.807) is 14.2 Å². The predicted octanol–water partition coefficient (Wildman–Crippen LogP) is 2.20. The van der Waals surface area contributed by atoms with Crippen LogP contribution in [-0.2, 0) is 0 Å². The van der Waals surface area contributed by atoms with Gasteiger partial charge in [-0.25, -0.2) is 0 Å². The lowest BCUT2D eigenvalue weighted by atomic mass is 10.1. The number of benzene rings is 1. The van der Waals surface area contributed by atoms with E-state index in [1.807, 2.05) is 19.1 Å². The molecule has 1 aliphatic carbocycles. The van der Waals surface area contributed by atoms with Crippen LogP contribution < -0.4 is 19.7 Å². The highest BCUT2D eigenvalue weighted by molar-refractivity contribution is 5.63. The Morgan fingerprint density at radius 3 is 2.47 bits per heavy atom. The molecule has 19 heavy (non-hydrogen) atoms. The van der Waals surface area contributed by atoms with Crippen molar-refractivity contribution in [2.75, 3.05) is 39.3 Å². The molecular formula is C15H24N2O2. The van der Waals surface area contributed by atoms with Gasteiger partial charge in [-0.2, -0.15) is 0 Å². The van der Waals surface area contributed by atoms with Crippen molar-refractivity contribution in [3.05, 3.63) is 17.7 Å². The Morgan fingerprint density at radius 2 is 1.89 bits per heavy atom. The van der Waals surface area contributed by atoms with Gasteiger partial charge in [-0.1, -0.05) is 0 Å². The van der Waals surface area contributed by atoms with E-state index in [-0.39, 0.29) is 0 Å². The number of hydrogen-bond donors (Lipinski definition) is 1. The predicted molar refractivity (Wildman–Crippen MR) is 78.6 cm³/mol. The molecule has 1 aromatic carbocycles. The molecule has 0 radical (unpaired) electrons. The van der Waals surface area contributed by atoms with Crippen molar-refractivity contribution in [2.24, 2.45) is 0 Å². The fourth-order valence-corrected chi connectivity index (χ4v) is 2.18. The molecule has 4 nitrogen and oxygen atoms in total. The van der Waals surface area contributed by atoms with Gasteiger partial charge >= 0.3 is 0 Å². The van der Waals surface area contributed by atoms with E-state index in [1.165, 1.54) is 12.8 Å². The topological polar surface area (TPSA) is 33.7 Å². The van der Waals surface area contributed by atoms with Crippen molar-refractivity contribution in [3.8, 4) is 11.5 Å². The van der Waals surface area contributed by atoms with Crippen LogP contribution in [0.5, 0.6) is 11.5 Å². The highest BCUT2D eigenvalue weighted by atomic mass is 16.5. The molecule has 0 spiro atoms. The number of aryl methyl sites for hydroxylation is 1. The largest absolute Gasteiger partial charge is 0.496 e. The molecule has 0 heterocycles. The lowest BCUT2D eigenvalue weighted by Gasteiger charge is -2.23. The van der Waals surface area contributed by atoms with E-state index < -0.39 is 0 Å². The SMILES string of the molecule is COc1cc(N(C)CCNC2CC2)c(OC)cc1C. The summed E-state index contributed by atoms with van der Waals surface area (Å²) in [5.41, 5.74) is 2.16. The van der Waals surface area contributed by atoms with Gasteiger partial charge in [0.25, 0.3) is 0 Å². The number of rotatable bonds is 7. The van der Waals surface area contributed by atoms with Crippen LogP contribution in [-0.4, -0.2) is 40.4 Å². The molecule has 0 aromatic heterocycles. The van der Waals surface area contributed by atoms with Gasteiger partial charge in [0.1, 0.15) is 11.5 Å². The third-order valence-corrected chi connectivity index (χ3v) is 3.57. The third-order valence-electron chi connectivity index (χ3n) is 3.57. The standard InChI is InChI=1S/C15H24N2O2/c1-11-9-15(19-4)13(10-14(11)18-3)17(2)8-7-16-12-5-6-12/h9-10,12,16H,5-8H2,1-4H3. The summed E-state index contributed by atoms with van der Waals surface area (Å²) < 4.78 is 10.9. The lowest BCUT2D eigenvalue weighted by Crippen LogP contribution is -2.30. The Kier molecular flexibility index (Phi) is 4.53. The fourth-order valence-electron chi connectivity index (χ4n) is 2.18. The van der Waals surface area contributed by atoms with Crippen LogP contribution >= 0.6 is 0 Å². The molecule has 0 aliphatic heterocycles. The average Bonchev–Trinajstić information content (AvgIpc) is 3.22. The molecule has 0 saturated heterocycles. The van der Waals surface area contributed by atoms with Crippen molar-refractivity contribution in [1.82, 2.24) is 5.32 Å². The van der Waals surface area contributed by atoms with Crippen LogP contribution in [0.15, 0.2) is 12.1 Å². The molecule has 1 fully saturated rings. The van der Waals surface area contributed by atoms with Gasteiger partial charge in [0.05, 0.1) is 19.9 Å². The van der Waals surface area contributed by atoms with Gasteiger partial charge in [0.15, 0.2) is 0 Å². The summed E-state index contributed by atoms with van der Waals surface area (Å²) >= 11 is 0. The first-order valence-electron chi connectivity index (χ1n) is 6.83. The summed E-state index contributed by atoms with van der Waals surface area (Å²) in [5, 5.41) is 3.52. The molecule has 1 aromatic rings. The molecule has 4 heteroatoms. The number of methoxy groups -OCH3 is 2. The maximum absolute atomic E-state index is 5.47. The lowest BCUT2D eigenvalue weighted by molar-refractivity contribution is 0.400. The minimum atomic E-state index is 0.753. The van der Waals surface area contributed by atoms with Gasteiger partial charge < -0.3 is 19.7 Å². The Morgan fingerprint density at radius 1 is 1.21 bits per heavy atom. The number of nitrogens with zero attached hydrogens (tertiary/aromatic N) is 1. The number of hydrogen-bond acceptors (Lipinski definition) is 4. The van der Waals surface area contributed by atoms with Gasteiger partial charge in [-0.3, -0.25) is 0 Å². The molecule has 0 amide bonds. The van der Waals surface area contributed by atoms with Crippen molar-refractivity contribution < 1.29 is 9.47 Å². The highest BCUT2D eigenvalue weighted by Gasteiger charge is 2.20. The molecule has 1 N–H and O–H groups in total. The molecule has 0 atom stereocenters. The van der Waals surface area contributed by atoms with E-state index in [0.717, 1.165) is 41.9 Å². The molecule has 0 unspecified atom stereocenters. The van der Waals surface area contributed by atoms with Crippen LogP contribution in [0.4, 0.5) is 5.69 Å². The first kappa shape index (κ1) is 14.0. The van der Waals surface area contributed by atoms with Gasteiger partial charge in [0.2, 0.25) is 0 Å². The number of anilines is 1. The van der Waals surface area contributed by atoms with Crippen molar-refractivity contribution in [2.45, 2.75) is 25.8 Å². The minimum Gasteiger partial charge on any atom is -0.496 e. The molecule has 2 rings (SSSR count). The van der Waals surface area contributed by atoms with Crippen molar-refractivity contribution in [1.29, 1.82) is 0 Å². The first-order valence-corrected chi connectivity index (χ1v) is 6.83. The second-order valence-corrected chi connectivity index (χ2v) is 5.14. The third kappa shape index (κ3) is 3.53. The molecule has 106 valence electrons. The summed E-state index contributed by atoms with van der Waals surface area (Å²) in [6.45, 7) is 3.99. The number of ether oxygens (including phenoxy) is 2. The van der Waals surface area contributed by atoms with Crippen LogP contribution in [0.3, 0.4) is 0 Å². The quantitative estimate of drug-likeness (QED) is 0.818. The van der Waals surface area contributed by atoms with E-state index in [4.69, 9.17) is 9.47 Å². The number of likely N-dealkylation sites (N-methyl/N-ethyl adjacent to an activating group) is 1. The zero-order valence-corrected chi connectivity index (χ0v) is 12.3. The molecule has 1 aliphatic rings. The average molecular weight is 264 g/mol. The van der Waals surface area contributed by atoms with Gasteiger partial charge in [-0.05, 0) is 31.4 Å². The maximum atomic E-state index is 5.47. The van der Waals surface area contributed by atoms with Crippen LogP contribution in [0.2, 0.25) is 0 Å². The highest BCUT2D eigenvalue weighted by Crippen LogP contribution is 2.34. The molecular weight excluding hydrogens is 240 g/mol. The zero-order valence-electron chi connectivity index (χ0n) is 12.3. The summed E-state index contributed by atoms with van der Waals surface area (Å²) in [6.07, 6.45) is 2.65. The maximum Gasteiger partial charge on any atom is 0.142 e. The van der Waals surface area contributed by atoms with Gasteiger partial charge in [0, 0.05) is 32.2 Å². The Balaban J connectivity index is 2.06. The molecule has 0 bridgehead atoms. The minimum absolute atomic E-state index is 0.753. The van der Waals surface area contributed by atoms with Crippen LogP contribution in [0.1, 0.15) is 18.4 Å². The Bertz CT molecular complexity index is 430. The Labute approximate surface area is 115 Å². The zero-order chi connectivity index (χ0) is 13.8. The first-order chi connectivity index (χ1) is 9.15. The van der Waals surface area contributed by atoms with Crippen LogP contribution in [0.25, 0.3) is 0 Å². The monoisotopic (exact) mass is 264 g/mol. The van der Waals surface area contributed by atoms with E-state index >= 15 is 0 Å². The van der Waals surface area contributed by atoms with Crippen molar-refractivity contribution in [3.63, 3.8) is 0 Å². The summed E-state index contributed by atoms with van der Waals surface area (Å²) in [7, 11) is 5.50. The second kappa shape index (κ2) is 6.15. The summed E-state index contributed by atoms with van der Waals surface area (Å²) in [4.78, 5) is 2.20. The van der Waals surface area contributed by atoms with Crippen LogP contribution in [0, 0.1) is 6.92 Å². The van der Waals surface area contributed by atoms with E-state index in [0.29, 0.717) is 0 Å². The number of nitrogens with one attached hydrogen (secondary N) is 1. The molecule has 1 saturated carbocycles. The smallest absolute Gasteiger partial charge is 0.142 e. The fraction of sp³-hybridized carbons (Fsp3) is 0.600. The second-order valence-electron chi connectivity index (χ2n) is 5.14. The van der Waals surface area contributed by atoms with E-state index in [9.17, 15) is 0 Å². The summed E-state index contributed by atoms with van der Waals surface area (Å²) in [5.74, 6) is 1.80.